The zero-order valence-corrected chi connectivity index (χ0v) is 26.6. The molecule has 4 aliphatic heterocycles. The molecule has 0 spiro atoms. The molecule has 12 nitrogen and oxygen atoms in total. The van der Waals surface area contributed by atoms with Gasteiger partial charge in [-0.2, -0.15) is 9.98 Å². The molecule has 2 N–H and O–H groups in total. The van der Waals surface area contributed by atoms with Crippen molar-refractivity contribution in [2.24, 2.45) is 21.8 Å². The molecule has 0 atom stereocenters. The van der Waals surface area contributed by atoms with Crippen molar-refractivity contribution in [1.82, 2.24) is 10.6 Å². The van der Waals surface area contributed by atoms with Crippen LogP contribution in [0.3, 0.4) is 0 Å². The fourth-order valence-electron chi connectivity index (χ4n) is 3.89. The highest BCUT2D eigenvalue weighted by Gasteiger charge is 2.42. The summed E-state index contributed by atoms with van der Waals surface area (Å²) in [6, 6.07) is -1.60. The van der Waals surface area contributed by atoms with E-state index in [1.807, 2.05) is 27.7 Å². The van der Waals surface area contributed by atoms with Gasteiger partial charge in [0, 0.05) is 0 Å². The zero-order valence-electron chi connectivity index (χ0n) is 23.4. The largest absolute Gasteiger partial charge is 0.491 e. The average molecular weight is 651 g/mol. The Balaban J connectivity index is 1.70. The number of hydrogen-bond acceptors (Lipinski definition) is 12. The maximum Gasteiger partial charge on any atom is 0.351 e. The molecule has 222 valence electrons. The van der Waals surface area contributed by atoms with Crippen molar-refractivity contribution in [2.45, 2.75) is 47.3 Å². The van der Waals surface area contributed by atoms with Gasteiger partial charge in [0.25, 0.3) is 11.8 Å². The Morgan fingerprint density at radius 3 is 1.24 bits per heavy atom. The molecule has 16 heteroatoms. The summed E-state index contributed by atoms with van der Waals surface area (Å²) in [6.07, 6.45) is 0. The monoisotopic (exact) mass is 650 g/mol. The number of nitrogens with one attached hydrogen (secondary N) is 2. The van der Waals surface area contributed by atoms with E-state index in [9.17, 15) is 19.2 Å². The van der Waals surface area contributed by atoms with Gasteiger partial charge >= 0.3 is 12.1 Å². The van der Waals surface area contributed by atoms with Crippen molar-refractivity contribution >= 4 is 82.7 Å². The molecule has 5 rings (SSSR count). The number of methoxy groups -OCH3 is 2. The van der Waals surface area contributed by atoms with Crippen molar-refractivity contribution in [3.8, 4) is 11.5 Å². The second kappa shape index (κ2) is 12.3. The van der Waals surface area contributed by atoms with Gasteiger partial charge in [0.2, 0.25) is 11.8 Å². The topological polar surface area (TPSA) is 154 Å². The van der Waals surface area contributed by atoms with Gasteiger partial charge in [0.05, 0.1) is 55.5 Å². The van der Waals surface area contributed by atoms with Crippen molar-refractivity contribution < 1.29 is 38.1 Å². The van der Waals surface area contributed by atoms with Crippen LogP contribution in [0.25, 0.3) is 0 Å². The molecule has 0 radical (unpaired) electrons. The third-order valence-corrected chi connectivity index (χ3v) is 10.9. The molecule has 0 bridgehead atoms. The Labute approximate surface area is 258 Å². The van der Waals surface area contributed by atoms with Crippen LogP contribution in [0.2, 0.25) is 0 Å². The number of carbonyl (C=O) groups is 4. The molecular formula is C26H26N4O8S4. The standard InChI is InChI=1S/C26H26N4O8S4/c1-9(2)7-37-13-15-17(41-23(39-15)11-19(31)27-25(33)29-21(11)35-5)14(38-8-10(3)4)18-16(13)40-24(42-18)12-20(32)28-26(34)30-22(12)36-6/h9-10H,7-8H2,1-6H3,(H,27,31,33)(H,28,32,34). The first-order valence-corrected chi connectivity index (χ1v) is 15.9. The summed E-state index contributed by atoms with van der Waals surface area (Å²) in [5, 5.41) is 4.44. The Hall–Kier alpha value is -3.08. The number of urea groups is 2. The minimum absolute atomic E-state index is 0.0756. The minimum atomic E-state index is -0.798. The van der Waals surface area contributed by atoms with Crippen LogP contribution in [0.15, 0.2) is 49.2 Å². The Morgan fingerprint density at radius 1 is 0.619 bits per heavy atom. The highest BCUT2D eigenvalue weighted by atomic mass is 32.2. The Kier molecular flexibility index (Phi) is 8.87. The molecule has 4 aliphatic rings. The van der Waals surface area contributed by atoms with E-state index in [0.29, 0.717) is 33.2 Å². The number of hydrogen-bond donors (Lipinski definition) is 2. The van der Waals surface area contributed by atoms with Crippen LogP contribution in [0.1, 0.15) is 27.7 Å². The summed E-state index contributed by atoms with van der Waals surface area (Å²) in [5.74, 6) is 0.157. The van der Waals surface area contributed by atoms with E-state index < -0.39 is 23.9 Å². The SMILES string of the molecule is COC1=NC(=O)NC(=O)C1=C1Sc2c(OCC(C)C)c3c(c(OCC(C)C)c2S1)SC(=C1C(=O)NC(=O)N=C1OC)S3. The van der Waals surface area contributed by atoms with Crippen LogP contribution >= 0.6 is 47.0 Å². The molecule has 4 heterocycles. The van der Waals surface area contributed by atoms with Crippen molar-refractivity contribution in [3.05, 3.63) is 19.6 Å². The molecule has 0 unspecified atom stereocenters. The second-order valence-corrected chi connectivity index (χ2v) is 14.5. The predicted octanol–water partition coefficient (Wildman–Crippen LogP) is 5.16. The molecule has 0 aliphatic carbocycles. The van der Waals surface area contributed by atoms with Crippen molar-refractivity contribution in [3.63, 3.8) is 0 Å². The maximum absolute atomic E-state index is 12.9. The van der Waals surface area contributed by atoms with Crippen LogP contribution in [-0.2, 0) is 19.1 Å². The number of fused-ring (bicyclic) bond motifs is 2. The van der Waals surface area contributed by atoms with Gasteiger partial charge in [-0.05, 0) is 11.8 Å². The number of carbonyl (C=O) groups excluding carboxylic acids is 4. The summed E-state index contributed by atoms with van der Waals surface area (Å²) in [6.45, 7) is 8.92. The molecular weight excluding hydrogens is 625 g/mol. The van der Waals surface area contributed by atoms with Crippen LogP contribution in [0, 0.1) is 11.8 Å². The molecule has 0 fully saturated rings. The molecule has 42 heavy (non-hydrogen) atoms. The van der Waals surface area contributed by atoms with E-state index in [-0.39, 0.29) is 34.8 Å². The number of ether oxygens (including phenoxy) is 4. The number of aliphatic imine (C=N–C) groups is 2. The van der Waals surface area contributed by atoms with Gasteiger partial charge in [0.1, 0.15) is 22.6 Å². The minimum Gasteiger partial charge on any atom is -0.491 e. The fourth-order valence-corrected chi connectivity index (χ4v) is 9.48. The van der Waals surface area contributed by atoms with E-state index in [4.69, 9.17) is 18.9 Å². The number of amides is 6. The lowest BCUT2D eigenvalue weighted by Crippen LogP contribution is -2.38. The van der Waals surface area contributed by atoms with Crippen molar-refractivity contribution in [1.29, 1.82) is 0 Å². The maximum atomic E-state index is 12.9. The molecule has 0 saturated carbocycles. The average Bonchev–Trinajstić information content (AvgIpc) is 3.54. The van der Waals surface area contributed by atoms with Crippen LogP contribution in [-0.4, -0.2) is 63.1 Å². The third-order valence-electron chi connectivity index (χ3n) is 5.66. The fraction of sp³-hybridized carbons (Fsp3) is 0.385. The summed E-state index contributed by atoms with van der Waals surface area (Å²) in [5.41, 5.74) is 0.279. The van der Waals surface area contributed by atoms with Gasteiger partial charge in [-0.15, -0.1) is 0 Å². The summed E-state index contributed by atoms with van der Waals surface area (Å²) < 4.78 is 24.5. The van der Waals surface area contributed by atoms with E-state index in [0.717, 1.165) is 19.6 Å². The molecule has 0 aromatic heterocycles. The smallest absolute Gasteiger partial charge is 0.351 e. The summed E-state index contributed by atoms with van der Waals surface area (Å²) in [4.78, 5) is 60.1. The van der Waals surface area contributed by atoms with Gasteiger partial charge in [-0.3, -0.25) is 20.2 Å². The number of nitrogens with zero attached hydrogens (tertiary/aromatic N) is 2. The predicted molar refractivity (Wildman–Crippen MR) is 161 cm³/mol. The van der Waals surface area contributed by atoms with Gasteiger partial charge in [-0.1, -0.05) is 74.7 Å². The third kappa shape index (κ3) is 5.76. The normalized spacial score (nSPS) is 18.2. The lowest BCUT2D eigenvalue weighted by Gasteiger charge is -2.19. The summed E-state index contributed by atoms with van der Waals surface area (Å²) in [7, 11) is 2.70. The van der Waals surface area contributed by atoms with E-state index in [2.05, 4.69) is 20.6 Å². The first-order chi connectivity index (χ1) is 20.0. The zero-order chi connectivity index (χ0) is 30.3. The Morgan fingerprint density at radius 2 is 0.952 bits per heavy atom. The lowest BCUT2D eigenvalue weighted by molar-refractivity contribution is -0.117. The van der Waals surface area contributed by atoms with Gasteiger partial charge < -0.3 is 18.9 Å². The highest BCUT2D eigenvalue weighted by Crippen LogP contribution is 2.68. The first-order valence-electron chi connectivity index (χ1n) is 12.7. The van der Waals surface area contributed by atoms with Crippen LogP contribution in [0.5, 0.6) is 11.5 Å². The number of thioether (sulfide) groups is 4. The number of imide groups is 2. The van der Waals surface area contributed by atoms with E-state index in [1.54, 1.807) is 0 Å². The number of rotatable bonds is 6. The molecule has 1 aromatic carbocycles. The molecule has 1 aromatic rings. The van der Waals surface area contributed by atoms with Crippen molar-refractivity contribution in [2.75, 3.05) is 27.4 Å². The Bertz CT molecular complexity index is 1390. The van der Waals surface area contributed by atoms with E-state index in [1.165, 1.54) is 61.3 Å². The van der Waals surface area contributed by atoms with E-state index >= 15 is 0 Å². The van der Waals surface area contributed by atoms with Crippen LogP contribution in [0.4, 0.5) is 9.59 Å². The van der Waals surface area contributed by atoms with Gasteiger partial charge in [0.15, 0.2) is 0 Å². The van der Waals surface area contributed by atoms with Gasteiger partial charge in [-0.25, -0.2) is 9.59 Å². The molecule has 0 saturated heterocycles. The summed E-state index contributed by atoms with van der Waals surface area (Å²) >= 11 is 5.18. The van der Waals surface area contributed by atoms with Crippen LogP contribution < -0.4 is 20.1 Å². The quantitative estimate of drug-likeness (QED) is 0.391. The second-order valence-electron chi connectivity index (χ2n) is 9.88. The first kappa shape index (κ1) is 30.4. The molecule has 6 amide bonds. The highest BCUT2D eigenvalue weighted by molar-refractivity contribution is 8.26. The lowest BCUT2D eigenvalue weighted by atomic mass is 10.2. The number of benzene rings is 1.